The van der Waals surface area contributed by atoms with Gasteiger partial charge in [-0.1, -0.05) is 42.5 Å². The molecule has 4 aromatic rings. The van der Waals surface area contributed by atoms with Crippen LogP contribution in [-0.4, -0.2) is 28.2 Å². The number of carboxylic acid groups (broad SMARTS) is 1. The van der Waals surface area contributed by atoms with Crippen LogP contribution >= 0.6 is 0 Å². The van der Waals surface area contributed by atoms with Crippen LogP contribution < -0.4 is 10.1 Å². The van der Waals surface area contributed by atoms with Crippen molar-refractivity contribution >= 4 is 5.97 Å². The van der Waals surface area contributed by atoms with E-state index in [1.54, 1.807) is 24.3 Å². The van der Waals surface area contributed by atoms with E-state index >= 15 is 0 Å². The zero-order valence-electron chi connectivity index (χ0n) is 20.6. The molecular formula is C29H28F2N2O4. The standard InChI is InChI=1S/C29H28F2N2O4/c1-19-25(33-27(37-19)21-7-4-3-5-8-21)15-16-36-23-13-11-20(12-14-23)17-29(2,28(34)35)32-18-22-9-6-10-24(30)26(22)31/h3-14,32H,15-18H2,1-2H3,(H,34,35). The number of halogens is 2. The fourth-order valence-corrected chi connectivity index (χ4v) is 3.93. The minimum absolute atomic E-state index is 0.0643. The molecule has 1 unspecified atom stereocenters. The van der Waals surface area contributed by atoms with Crippen molar-refractivity contribution < 1.29 is 27.8 Å². The third kappa shape index (κ3) is 6.40. The Bertz CT molecular complexity index is 1360. The normalized spacial score (nSPS) is 12.8. The minimum atomic E-state index is -1.39. The molecule has 0 aliphatic heterocycles. The topological polar surface area (TPSA) is 84.6 Å². The van der Waals surface area contributed by atoms with Gasteiger partial charge in [-0.05, 0) is 49.7 Å². The lowest BCUT2D eigenvalue weighted by Gasteiger charge is -2.27. The summed E-state index contributed by atoms with van der Waals surface area (Å²) in [7, 11) is 0. The van der Waals surface area contributed by atoms with Gasteiger partial charge in [0.2, 0.25) is 5.89 Å². The molecule has 0 amide bonds. The van der Waals surface area contributed by atoms with Gasteiger partial charge in [0.05, 0.1) is 12.3 Å². The Morgan fingerprint density at radius 3 is 2.49 bits per heavy atom. The van der Waals surface area contributed by atoms with E-state index in [0.29, 0.717) is 24.7 Å². The van der Waals surface area contributed by atoms with Gasteiger partial charge in [-0.25, -0.2) is 13.8 Å². The maximum Gasteiger partial charge on any atom is 0.323 e. The van der Waals surface area contributed by atoms with Gasteiger partial charge in [0, 0.05) is 30.5 Å². The summed E-state index contributed by atoms with van der Waals surface area (Å²) in [5, 5.41) is 12.7. The number of oxazole rings is 1. The monoisotopic (exact) mass is 506 g/mol. The number of nitrogens with one attached hydrogen (secondary N) is 1. The fraction of sp³-hybridized carbons (Fsp3) is 0.241. The molecule has 4 rings (SSSR count). The highest BCUT2D eigenvalue weighted by atomic mass is 19.2. The van der Waals surface area contributed by atoms with Crippen LogP contribution in [0.5, 0.6) is 5.75 Å². The second-order valence-corrected chi connectivity index (χ2v) is 9.01. The minimum Gasteiger partial charge on any atom is -0.493 e. The van der Waals surface area contributed by atoms with Gasteiger partial charge >= 0.3 is 5.97 Å². The van der Waals surface area contributed by atoms with Crippen molar-refractivity contribution in [2.45, 2.75) is 38.8 Å². The number of carboxylic acids is 1. The predicted octanol–water partition coefficient (Wildman–Crippen LogP) is 5.73. The Morgan fingerprint density at radius 1 is 1.05 bits per heavy atom. The quantitative estimate of drug-likeness (QED) is 0.271. The van der Waals surface area contributed by atoms with Crippen LogP contribution in [0, 0.1) is 18.6 Å². The van der Waals surface area contributed by atoms with E-state index in [2.05, 4.69) is 10.3 Å². The van der Waals surface area contributed by atoms with E-state index in [1.165, 1.54) is 19.1 Å². The molecule has 6 nitrogen and oxygen atoms in total. The molecule has 1 atom stereocenters. The highest BCUT2D eigenvalue weighted by Gasteiger charge is 2.33. The van der Waals surface area contributed by atoms with Crippen LogP contribution in [-0.2, 0) is 24.2 Å². The lowest BCUT2D eigenvalue weighted by atomic mass is 9.92. The van der Waals surface area contributed by atoms with Gasteiger partial charge in [-0.15, -0.1) is 0 Å². The molecule has 2 N–H and O–H groups in total. The molecular weight excluding hydrogens is 478 g/mol. The molecule has 0 aliphatic rings. The van der Waals surface area contributed by atoms with E-state index in [1.807, 2.05) is 37.3 Å². The van der Waals surface area contributed by atoms with Crippen LogP contribution in [0.1, 0.15) is 29.5 Å². The molecule has 0 saturated heterocycles. The number of aryl methyl sites for hydroxylation is 1. The zero-order chi connectivity index (χ0) is 26.4. The molecule has 0 aliphatic carbocycles. The number of hydrogen-bond donors (Lipinski definition) is 2. The van der Waals surface area contributed by atoms with Crippen molar-refractivity contribution in [3.8, 4) is 17.2 Å². The van der Waals surface area contributed by atoms with Gasteiger partial charge in [0.25, 0.3) is 0 Å². The summed E-state index contributed by atoms with van der Waals surface area (Å²) in [6.45, 7) is 3.66. The van der Waals surface area contributed by atoms with Crippen LogP contribution in [0.2, 0.25) is 0 Å². The molecule has 8 heteroatoms. The fourth-order valence-electron chi connectivity index (χ4n) is 3.93. The lowest BCUT2D eigenvalue weighted by Crippen LogP contribution is -2.51. The van der Waals surface area contributed by atoms with E-state index in [4.69, 9.17) is 9.15 Å². The number of aromatic nitrogens is 1. The second kappa shape index (κ2) is 11.3. The molecule has 0 spiro atoms. The van der Waals surface area contributed by atoms with Crippen molar-refractivity contribution in [2.75, 3.05) is 6.61 Å². The molecule has 0 fully saturated rings. The van der Waals surface area contributed by atoms with Crippen LogP contribution in [0.4, 0.5) is 8.78 Å². The van der Waals surface area contributed by atoms with Crippen molar-refractivity contribution in [1.29, 1.82) is 0 Å². The lowest BCUT2D eigenvalue weighted by molar-refractivity contribution is -0.144. The summed E-state index contributed by atoms with van der Waals surface area (Å²) in [6.07, 6.45) is 0.710. The maximum absolute atomic E-state index is 14.0. The largest absolute Gasteiger partial charge is 0.493 e. The number of ether oxygens (including phenoxy) is 1. The summed E-state index contributed by atoms with van der Waals surface area (Å²) in [5.41, 5.74) is 1.17. The summed E-state index contributed by atoms with van der Waals surface area (Å²) < 4.78 is 39.1. The van der Waals surface area contributed by atoms with Crippen molar-refractivity contribution in [2.24, 2.45) is 0 Å². The number of benzene rings is 3. The molecule has 1 heterocycles. The molecule has 0 radical (unpaired) electrons. The van der Waals surface area contributed by atoms with Gasteiger partial charge in [-0.2, -0.15) is 0 Å². The number of rotatable bonds is 11. The highest BCUT2D eigenvalue weighted by molar-refractivity contribution is 5.78. The van der Waals surface area contributed by atoms with E-state index in [-0.39, 0.29) is 18.5 Å². The third-order valence-electron chi connectivity index (χ3n) is 6.17. The van der Waals surface area contributed by atoms with Gasteiger partial charge in [0.15, 0.2) is 11.6 Å². The van der Waals surface area contributed by atoms with Crippen molar-refractivity contribution in [3.05, 3.63) is 107 Å². The highest BCUT2D eigenvalue weighted by Crippen LogP contribution is 2.23. The number of hydrogen-bond acceptors (Lipinski definition) is 5. The maximum atomic E-state index is 14.0. The van der Waals surface area contributed by atoms with E-state index in [0.717, 1.165) is 28.6 Å². The van der Waals surface area contributed by atoms with Crippen molar-refractivity contribution in [3.63, 3.8) is 0 Å². The van der Waals surface area contributed by atoms with Crippen LogP contribution in [0.3, 0.4) is 0 Å². The number of carbonyl (C=O) groups is 1. The summed E-state index contributed by atoms with van der Waals surface area (Å²) in [4.78, 5) is 16.6. The number of nitrogens with zero attached hydrogens (tertiary/aromatic N) is 1. The van der Waals surface area contributed by atoms with E-state index < -0.39 is 23.1 Å². The first-order valence-electron chi connectivity index (χ1n) is 11.9. The zero-order valence-corrected chi connectivity index (χ0v) is 20.6. The Labute approximate surface area is 213 Å². The molecule has 37 heavy (non-hydrogen) atoms. The first-order chi connectivity index (χ1) is 17.7. The summed E-state index contributed by atoms with van der Waals surface area (Å²) >= 11 is 0. The van der Waals surface area contributed by atoms with Gasteiger partial charge < -0.3 is 14.3 Å². The Kier molecular flexibility index (Phi) is 7.98. The van der Waals surface area contributed by atoms with E-state index in [9.17, 15) is 18.7 Å². The van der Waals surface area contributed by atoms with Gasteiger partial charge in [-0.3, -0.25) is 10.1 Å². The molecule has 0 bridgehead atoms. The molecule has 3 aromatic carbocycles. The van der Waals surface area contributed by atoms with Crippen LogP contribution in [0.25, 0.3) is 11.5 Å². The Balaban J connectivity index is 1.33. The first-order valence-corrected chi connectivity index (χ1v) is 11.9. The number of aliphatic carboxylic acids is 1. The smallest absolute Gasteiger partial charge is 0.323 e. The average Bonchev–Trinajstić information content (AvgIpc) is 3.27. The van der Waals surface area contributed by atoms with Crippen LogP contribution in [0.15, 0.2) is 77.2 Å². The Morgan fingerprint density at radius 2 is 1.78 bits per heavy atom. The molecule has 0 saturated carbocycles. The molecule has 1 aromatic heterocycles. The van der Waals surface area contributed by atoms with Crippen molar-refractivity contribution in [1.82, 2.24) is 10.3 Å². The second-order valence-electron chi connectivity index (χ2n) is 9.01. The Hall–Kier alpha value is -4.04. The molecule has 192 valence electrons. The average molecular weight is 507 g/mol. The SMILES string of the molecule is Cc1oc(-c2ccccc2)nc1CCOc1ccc(CC(C)(NCc2cccc(F)c2F)C(=O)O)cc1. The summed E-state index contributed by atoms with van der Waals surface area (Å²) in [6, 6.07) is 20.6. The summed E-state index contributed by atoms with van der Waals surface area (Å²) in [5.74, 6) is -1.09. The predicted molar refractivity (Wildman–Crippen MR) is 135 cm³/mol. The first kappa shape index (κ1) is 26.0. The van der Waals surface area contributed by atoms with Gasteiger partial charge in [0.1, 0.15) is 17.0 Å². The third-order valence-corrected chi connectivity index (χ3v) is 6.17.